The number of hydrogen-bond acceptors (Lipinski definition) is 3. The fourth-order valence-corrected chi connectivity index (χ4v) is 4.00. The van der Waals surface area contributed by atoms with Gasteiger partial charge in [-0.2, -0.15) is 13.2 Å². The number of alkyl halides is 4. The quantitative estimate of drug-likeness (QED) is 0.478. The van der Waals surface area contributed by atoms with Gasteiger partial charge in [-0.15, -0.1) is 0 Å². The molecule has 1 aromatic heterocycles. The molecule has 0 radical (unpaired) electrons. The first-order valence-electron chi connectivity index (χ1n) is 11.2. The lowest BCUT2D eigenvalue weighted by atomic mass is 9.88. The van der Waals surface area contributed by atoms with Crippen molar-refractivity contribution in [2.75, 3.05) is 13.1 Å². The van der Waals surface area contributed by atoms with E-state index in [2.05, 4.69) is 41.4 Å². The summed E-state index contributed by atoms with van der Waals surface area (Å²) in [6.07, 6.45) is -2.25. The fourth-order valence-electron chi connectivity index (χ4n) is 4.00. The first kappa shape index (κ1) is 26.1. The van der Waals surface area contributed by atoms with Crippen LogP contribution in [0.5, 0.6) is 0 Å². The van der Waals surface area contributed by atoms with E-state index in [0.717, 1.165) is 34.0 Å². The van der Waals surface area contributed by atoms with Crippen LogP contribution in [0.2, 0.25) is 0 Å². The minimum atomic E-state index is -5.08. The SMILES string of the molecule is CCC(=O)N1CC[C@H](Cc2ccc(-c3cnc4ccccc4c3)cc2)[C@H](F)C1.O=C(O)C(F)(F)F. The van der Waals surface area contributed by atoms with Gasteiger partial charge in [0.15, 0.2) is 0 Å². The molecule has 1 N–H and O–H groups in total. The predicted octanol–water partition coefficient (Wildman–Crippen LogP) is 5.67. The minimum Gasteiger partial charge on any atom is -0.475 e. The van der Waals surface area contributed by atoms with Crippen molar-refractivity contribution < 1.29 is 32.3 Å². The summed E-state index contributed by atoms with van der Waals surface area (Å²) in [6, 6.07) is 18.6. The number of aromatic nitrogens is 1. The second kappa shape index (κ2) is 11.3. The van der Waals surface area contributed by atoms with Gasteiger partial charge in [0.2, 0.25) is 5.91 Å². The summed E-state index contributed by atoms with van der Waals surface area (Å²) < 4.78 is 46.3. The fraction of sp³-hybridized carbons (Fsp3) is 0.346. The van der Waals surface area contributed by atoms with E-state index >= 15 is 0 Å². The number of nitrogens with zero attached hydrogens (tertiary/aromatic N) is 2. The number of piperidine rings is 1. The molecule has 0 aliphatic carbocycles. The molecule has 2 atom stereocenters. The van der Waals surface area contributed by atoms with Crippen molar-refractivity contribution in [3.05, 3.63) is 66.4 Å². The van der Waals surface area contributed by atoms with Crippen LogP contribution in [0.25, 0.3) is 22.0 Å². The Bertz CT molecular complexity index is 1170. The largest absolute Gasteiger partial charge is 0.490 e. The van der Waals surface area contributed by atoms with Gasteiger partial charge in [-0.05, 0) is 42.0 Å². The number of rotatable bonds is 4. The summed E-state index contributed by atoms with van der Waals surface area (Å²) in [5.41, 5.74) is 4.33. The van der Waals surface area contributed by atoms with E-state index in [1.807, 2.05) is 31.3 Å². The molecular weight excluding hydrogens is 464 g/mol. The second-order valence-electron chi connectivity index (χ2n) is 8.38. The molecule has 1 aliphatic rings. The minimum absolute atomic E-state index is 0.0194. The van der Waals surface area contributed by atoms with Crippen LogP contribution in [0.4, 0.5) is 17.6 Å². The van der Waals surface area contributed by atoms with Crippen molar-refractivity contribution in [3.63, 3.8) is 0 Å². The molecule has 2 aromatic carbocycles. The maximum Gasteiger partial charge on any atom is 0.490 e. The Labute approximate surface area is 200 Å². The number of para-hydroxylation sites is 1. The summed E-state index contributed by atoms with van der Waals surface area (Å²) in [6.45, 7) is 2.73. The van der Waals surface area contributed by atoms with E-state index in [-0.39, 0.29) is 18.4 Å². The van der Waals surface area contributed by atoms with Crippen molar-refractivity contribution in [2.45, 2.75) is 38.5 Å². The normalized spacial score (nSPS) is 18.0. The third-order valence-corrected chi connectivity index (χ3v) is 5.95. The molecule has 1 fully saturated rings. The van der Waals surface area contributed by atoms with Gasteiger partial charge in [-0.25, -0.2) is 9.18 Å². The van der Waals surface area contributed by atoms with Crippen molar-refractivity contribution in [3.8, 4) is 11.1 Å². The summed E-state index contributed by atoms with van der Waals surface area (Å²) >= 11 is 0. The van der Waals surface area contributed by atoms with Gasteiger partial charge < -0.3 is 10.0 Å². The number of carboxylic acids is 1. The Hall–Kier alpha value is -3.49. The molecular formula is C26H26F4N2O3. The summed E-state index contributed by atoms with van der Waals surface area (Å²) in [4.78, 5) is 26.9. The van der Waals surface area contributed by atoms with E-state index in [1.165, 1.54) is 0 Å². The number of halogens is 4. The summed E-state index contributed by atoms with van der Waals surface area (Å²) in [5, 5.41) is 8.25. The Morgan fingerprint density at radius 3 is 2.34 bits per heavy atom. The Morgan fingerprint density at radius 1 is 1.09 bits per heavy atom. The number of amides is 1. The summed E-state index contributed by atoms with van der Waals surface area (Å²) in [5.74, 6) is -2.73. The molecule has 35 heavy (non-hydrogen) atoms. The first-order valence-corrected chi connectivity index (χ1v) is 11.2. The van der Waals surface area contributed by atoms with Gasteiger partial charge in [0.25, 0.3) is 0 Å². The topological polar surface area (TPSA) is 70.5 Å². The second-order valence-corrected chi connectivity index (χ2v) is 8.38. The molecule has 5 nitrogen and oxygen atoms in total. The summed E-state index contributed by atoms with van der Waals surface area (Å²) in [7, 11) is 0. The van der Waals surface area contributed by atoms with Gasteiger partial charge in [-0.3, -0.25) is 9.78 Å². The molecule has 4 rings (SSSR count). The lowest BCUT2D eigenvalue weighted by Gasteiger charge is -2.34. The Kier molecular flexibility index (Phi) is 8.43. The zero-order valence-electron chi connectivity index (χ0n) is 19.1. The molecule has 0 saturated carbocycles. The van der Waals surface area contributed by atoms with Gasteiger partial charge >= 0.3 is 12.1 Å². The lowest BCUT2D eigenvalue weighted by Crippen LogP contribution is -2.45. The van der Waals surface area contributed by atoms with Crippen molar-refractivity contribution in [2.24, 2.45) is 5.92 Å². The molecule has 0 unspecified atom stereocenters. The highest BCUT2D eigenvalue weighted by Gasteiger charge is 2.38. The Balaban J connectivity index is 0.000000429. The van der Waals surface area contributed by atoms with Gasteiger partial charge in [0.05, 0.1) is 12.1 Å². The highest BCUT2D eigenvalue weighted by atomic mass is 19.4. The number of benzene rings is 2. The van der Waals surface area contributed by atoms with E-state index in [0.29, 0.717) is 19.4 Å². The van der Waals surface area contributed by atoms with E-state index < -0.39 is 18.3 Å². The molecule has 1 aliphatic heterocycles. The van der Waals surface area contributed by atoms with Crippen molar-refractivity contribution in [1.82, 2.24) is 9.88 Å². The third kappa shape index (κ3) is 7.00. The molecule has 1 saturated heterocycles. The number of hydrogen-bond donors (Lipinski definition) is 1. The zero-order chi connectivity index (χ0) is 25.6. The van der Waals surface area contributed by atoms with Crippen LogP contribution in [-0.2, 0) is 16.0 Å². The van der Waals surface area contributed by atoms with Gasteiger partial charge in [0.1, 0.15) is 6.17 Å². The third-order valence-electron chi connectivity index (χ3n) is 5.95. The van der Waals surface area contributed by atoms with Crippen LogP contribution < -0.4 is 0 Å². The predicted molar refractivity (Wildman–Crippen MR) is 124 cm³/mol. The number of carbonyl (C=O) groups is 2. The highest BCUT2D eigenvalue weighted by Crippen LogP contribution is 2.27. The van der Waals surface area contributed by atoms with E-state index in [4.69, 9.17) is 9.90 Å². The standard InChI is InChI=1S/C24H25FN2O.C2HF3O2/c1-2-24(28)27-12-11-19(22(25)16-27)13-17-7-9-18(10-8-17)21-14-20-5-3-4-6-23(20)26-15-21;3-2(4,5)1(6)7/h3-10,14-15,19,22H,2,11-13,16H2,1H3;(H,6,7)/t19-,22-;/m1./s1. The molecule has 3 aromatic rings. The van der Waals surface area contributed by atoms with E-state index in [9.17, 15) is 22.4 Å². The Morgan fingerprint density at radius 2 is 1.74 bits per heavy atom. The number of carbonyl (C=O) groups excluding carboxylic acids is 1. The maximum absolute atomic E-state index is 14.6. The van der Waals surface area contributed by atoms with Crippen LogP contribution in [0.15, 0.2) is 60.8 Å². The van der Waals surface area contributed by atoms with Crippen LogP contribution in [-0.4, -0.2) is 52.3 Å². The van der Waals surface area contributed by atoms with E-state index in [1.54, 1.807) is 4.90 Å². The average molecular weight is 490 g/mol. The zero-order valence-corrected chi connectivity index (χ0v) is 19.1. The highest BCUT2D eigenvalue weighted by molar-refractivity contribution is 5.83. The smallest absolute Gasteiger partial charge is 0.475 e. The van der Waals surface area contributed by atoms with Crippen LogP contribution in [0, 0.1) is 5.92 Å². The van der Waals surface area contributed by atoms with Crippen LogP contribution in [0.1, 0.15) is 25.3 Å². The lowest BCUT2D eigenvalue weighted by molar-refractivity contribution is -0.192. The molecule has 0 spiro atoms. The average Bonchev–Trinajstić information content (AvgIpc) is 2.84. The molecule has 2 heterocycles. The number of carboxylic acid groups (broad SMARTS) is 1. The first-order chi connectivity index (χ1) is 16.6. The van der Waals surface area contributed by atoms with Crippen LogP contribution >= 0.6 is 0 Å². The van der Waals surface area contributed by atoms with Crippen molar-refractivity contribution in [1.29, 1.82) is 0 Å². The number of aliphatic carboxylic acids is 1. The van der Waals surface area contributed by atoms with Gasteiger partial charge in [-0.1, -0.05) is 49.4 Å². The maximum atomic E-state index is 14.6. The van der Waals surface area contributed by atoms with Gasteiger partial charge in [0, 0.05) is 30.1 Å². The van der Waals surface area contributed by atoms with Crippen LogP contribution in [0.3, 0.4) is 0 Å². The van der Waals surface area contributed by atoms with Crippen molar-refractivity contribution >= 4 is 22.8 Å². The molecule has 1 amide bonds. The number of fused-ring (bicyclic) bond motifs is 1. The number of likely N-dealkylation sites (tertiary alicyclic amines) is 1. The number of pyridine rings is 1. The molecule has 9 heteroatoms. The molecule has 0 bridgehead atoms. The monoisotopic (exact) mass is 490 g/mol. The molecule has 186 valence electrons.